The van der Waals surface area contributed by atoms with Gasteiger partial charge in [0, 0.05) is 56.0 Å². The molecule has 4 rings (SSSR count). The number of benzene rings is 1. The lowest BCUT2D eigenvalue weighted by Crippen LogP contribution is -2.41. The molecule has 2 aliphatic heterocycles. The summed E-state index contributed by atoms with van der Waals surface area (Å²) in [5.41, 5.74) is 0.495. The maximum atomic E-state index is 13.4. The molecular weight excluding hydrogens is 410 g/mol. The zero-order valence-electron chi connectivity index (χ0n) is 16.3. The van der Waals surface area contributed by atoms with Crippen LogP contribution in [0.5, 0.6) is 5.75 Å². The number of amides is 2. The summed E-state index contributed by atoms with van der Waals surface area (Å²) >= 11 is 7.80. The number of halogens is 1. The highest BCUT2D eigenvalue weighted by atomic mass is 35.5. The summed E-state index contributed by atoms with van der Waals surface area (Å²) in [5, 5.41) is 3.42. The summed E-state index contributed by atoms with van der Waals surface area (Å²) in [6, 6.07) is 5.23. The van der Waals surface area contributed by atoms with Crippen molar-refractivity contribution < 1.29 is 14.3 Å². The molecule has 3 heterocycles. The zero-order valence-corrected chi connectivity index (χ0v) is 17.9. The quantitative estimate of drug-likeness (QED) is 0.726. The van der Waals surface area contributed by atoms with Gasteiger partial charge in [0.1, 0.15) is 16.9 Å². The van der Waals surface area contributed by atoms with E-state index >= 15 is 0 Å². The van der Waals surface area contributed by atoms with E-state index in [4.69, 9.17) is 16.3 Å². The van der Waals surface area contributed by atoms with Crippen LogP contribution in [0.1, 0.15) is 54.0 Å². The van der Waals surface area contributed by atoms with E-state index in [-0.39, 0.29) is 24.0 Å². The third-order valence-corrected chi connectivity index (χ3v) is 6.71. The van der Waals surface area contributed by atoms with Gasteiger partial charge in [0.25, 0.3) is 5.91 Å². The van der Waals surface area contributed by atoms with Crippen molar-refractivity contribution in [3.05, 3.63) is 45.4 Å². The third kappa shape index (κ3) is 4.41. The minimum atomic E-state index is -0.0682. The summed E-state index contributed by atoms with van der Waals surface area (Å²) in [7, 11) is 0. The van der Waals surface area contributed by atoms with Crippen LogP contribution >= 0.6 is 22.9 Å². The molecule has 0 bridgehead atoms. The minimum absolute atomic E-state index is 0.00753. The third-order valence-electron chi connectivity index (χ3n) is 5.60. The van der Waals surface area contributed by atoms with Crippen LogP contribution in [-0.4, -0.2) is 52.3 Å². The van der Waals surface area contributed by atoms with Gasteiger partial charge in [-0.2, -0.15) is 0 Å². The highest BCUT2D eigenvalue weighted by Crippen LogP contribution is 2.36. The molecule has 0 aliphatic carbocycles. The lowest BCUT2D eigenvalue weighted by Gasteiger charge is -2.32. The van der Waals surface area contributed by atoms with E-state index in [0.29, 0.717) is 36.0 Å². The maximum absolute atomic E-state index is 13.4. The first kappa shape index (κ1) is 20.2. The highest BCUT2D eigenvalue weighted by Gasteiger charge is 2.34. The van der Waals surface area contributed by atoms with Gasteiger partial charge in [0.05, 0.1) is 11.6 Å². The molecule has 1 atom stereocenters. The molecule has 1 aromatic carbocycles. The minimum Gasteiger partial charge on any atom is -0.489 e. The fraction of sp³-hybridized carbons (Fsp3) is 0.476. The number of ether oxygens (including phenoxy) is 1. The molecular formula is C21H24ClN3O3S. The van der Waals surface area contributed by atoms with Crippen LogP contribution in [0.2, 0.25) is 5.02 Å². The second-order valence-electron chi connectivity index (χ2n) is 7.49. The number of nitrogens with zero attached hydrogens (tertiary/aromatic N) is 3. The molecule has 2 aliphatic rings. The average molecular weight is 434 g/mol. The lowest BCUT2D eigenvalue weighted by molar-refractivity contribution is -0.130. The first-order chi connectivity index (χ1) is 14.0. The fourth-order valence-electron chi connectivity index (χ4n) is 4.06. The second-order valence-corrected chi connectivity index (χ2v) is 8.85. The first-order valence-corrected chi connectivity index (χ1v) is 11.2. The van der Waals surface area contributed by atoms with Gasteiger partial charge in [-0.05, 0) is 31.0 Å². The van der Waals surface area contributed by atoms with Gasteiger partial charge in [0.15, 0.2) is 0 Å². The molecule has 8 heteroatoms. The van der Waals surface area contributed by atoms with Crippen molar-refractivity contribution in [3.63, 3.8) is 0 Å². The SMILES string of the molecule is CC(=O)N1CCC(Oc2ccc(Cl)cc2C(=O)N2CCCC2c2nccs2)CC1. The highest BCUT2D eigenvalue weighted by molar-refractivity contribution is 7.09. The molecule has 29 heavy (non-hydrogen) atoms. The Morgan fingerprint density at radius 2 is 2.00 bits per heavy atom. The molecule has 2 amide bonds. The van der Waals surface area contributed by atoms with Gasteiger partial charge in [0.2, 0.25) is 5.91 Å². The molecule has 2 saturated heterocycles. The van der Waals surface area contributed by atoms with Crippen molar-refractivity contribution >= 4 is 34.8 Å². The van der Waals surface area contributed by atoms with Gasteiger partial charge >= 0.3 is 0 Å². The van der Waals surface area contributed by atoms with Gasteiger partial charge in [-0.25, -0.2) is 4.98 Å². The van der Waals surface area contributed by atoms with E-state index < -0.39 is 0 Å². The van der Waals surface area contributed by atoms with Crippen molar-refractivity contribution in [2.45, 2.75) is 44.8 Å². The van der Waals surface area contributed by atoms with Crippen LogP contribution in [0, 0.1) is 0 Å². The first-order valence-electron chi connectivity index (χ1n) is 9.95. The summed E-state index contributed by atoms with van der Waals surface area (Å²) in [6.07, 6.45) is 5.13. The smallest absolute Gasteiger partial charge is 0.258 e. The van der Waals surface area contributed by atoms with Crippen LogP contribution in [0.3, 0.4) is 0 Å². The molecule has 0 saturated carbocycles. The van der Waals surface area contributed by atoms with Gasteiger partial charge in [-0.1, -0.05) is 11.6 Å². The number of piperidine rings is 1. The molecule has 1 aromatic heterocycles. The summed E-state index contributed by atoms with van der Waals surface area (Å²) in [5.74, 6) is 0.583. The Bertz CT molecular complexity index is 881. The monoisotopic (exact) mass is 433 g/mol. The molecule has 0 N–H and O–H groups in total. The number of carbonyl (C=O) groups excluding carboxylic acids is 2. The van der Waals surface area contributed by atoms with Crippen molar-refractivity contribution in [3.8, 4) is 5.75 Å². The number of hydrogen-bond acceptors (Lipinski definition) is 5. The van der Waals surface area contributed by atoms with Crippen LogP contribution < -0.4 is 4.74 Å². The normalized spacial score (nSPS) is 20.1. The van der Waals surface area contributed by atoms with Crippen molar-refractivity contribution in [1.82, 2.24) is 14.8 Å². The van der Waals surface area contributed by atoms with Crippen LogP contribution in [-0.2, 0) is 4.79 Å². The molecule has 154 valence electrons. The van der Waals surface area contributed by atoms with E-state index in [2.05, 4.69) is 4.98 Å². The lowest BCUT2D eigenvalue weighted by atomic mass is 10.1. The van der Waals surface area contributed by atoms with Crippen LogP contribution in [0.15, 0.2) is 29.8 Å². The van der Waals surface area contributed by atoms with E-state index in [1.54, 1.807) is 42.7 Å². The summed E-state index contributed by atoms with van der Waals surface area (Å²) < 4.78 is 6.22. The Balaban J connectivity index is 1.52. The van der Waals surface area contributed by atoms with Crippen LogP contribution in [0.4, 0.5) is 0 Å². The number of likely N-dealkylation sites (tertiary alicyclic amines) is 2. The Labute approximate surface area is 179 Å². The summed E-state index contributed by atoms with van der Waals surface area (Å²) in [4.78, 5) is 33.1. The van der Waals surface area contributed by atoms with E-state index in [1.165, 1.54) is 0 Å². The van der Waals surface area contributed by atoms with Crippen LogP contribution in [0.25, 0.3) is 0 Å². The Morgan fingerprint density at radius 1 is 1.21 bits per heavy atom. The number of carbonyl (C=O) groups is 2. The second kappa shape index (κ2) is 8.71. The maximum Gasteiger partial charge on any atom is 0.258 e. The van der Waals surface area contributed by atoms with Gasteiger partial charge in [-0.3, -0.25) is 9.59 Å². The van der Waals surface area contributed by atoms with Crippen molar-refractivity contribution in [1.29, 1.82) is 0 Å². The van der Waals surface area contributed by atoms with Gasteiger partial charge in [-0.15, -0.1) is 11.3 Å². The molecule has 0 spiro atoms. The van der Waals surface area contributed by atoms with E-state index in [0.717, 1.165) is 30.7 Å². The number of hydrogen-bond donors (Lipinski definition) is 0. The Morgan fingerprint density at radius 3 is 2.69 bits per heavy atom. The fourth-order valence-corrected chi connectivity index (χ4v) is 5.02. The molecule has 2 fully saturated rings. The molecule has 2 aromatic rings. The zero-order chi connectivity index (χ0) is 20.4. The molecule has 6 nitrogen and oxygen atoms in total. The predicted octanol–water partition coefficient (Wildman–Crippen LogP) is 4.16. The van der Waals surface area contributed by atoms with Gasteiger partial charge < -0.3 is 14.5 Å². The van der Waals surface area contributed by atoms with Crippen molar-refractivity contribution in [2.24, 2.45) is 0 Å². The predicted molar refractivity (Wildman–Crippen MR) is 112 cm³/mol. The topological polar surface area (TPSA) is 62.7 Å². The Kier molecular flexibility index (Phi) is 6.06. The number of rotatable bonds is 4. The molecule has 1 unspecified atom stereocenters. The largest absolute Gasteiger partial charge is 0.489 e. The molecule has 0 radical (unpaired) electrons. The Hall–Kier alpha value is -2.12. The van der Waals surface area contributed by atoms with Crippen molar-refractivity contribution in [2.75, 3.05) is 19.6 Å². The van der Waals surface area contributed by atoms with E-state index in [1.807, 2.05) is 15.2 Å². The standard InChI is InChI=1S/C21H24ClN3O3S/c1-14(26)24-10-6-16(7-11-24)28-19-5-4-15(22)13-17(19)21(27)25-9-2-3-18(25)20-23-8-12-29-20/h4-5,8,12-13,16,18H,2-3,6-7,9-11H2,1H3. The summed E-state index contributed by atoms with van der Waals surface area (Å²) in [6.45, 7) is 3.64. The number of aromatic nitrogens is 1. The average Bonchev–Trinajstić information content (AvgIpc) is 3.40. The van der Waals surface area contributed by atoms with E-state index in [9.17, 15) is 9.59 Å². The number of thiazole rings is 1.